The fraction of sp³-hybridized carbons (Fsp3) is 0.500. The highest BCUT2D eigenvalue weighted by molar-refractivity contribution is 7.13. The van der Waals surface area contributed by atoms with E-state index in [2.05, 4.69) is 50.3 Å². The Hall–Kier alpha value is -0.890. The fourth-order valence-corrected chi connectivity index (χ4v) is 3.15. The Kier molecular flexibility index (Phi) is 3.29. The van der Waals surface area contributed by atoms with Gasteiger partial charge in [0.05, 0.1) is 10.4 Å². The zero-order valence-corrected chi connectivity index (χ0v) is 11.3. The molecule has 1 atom stereocenters. The normalized spacial score (nSPS) is 13.6. The van der Waals surface area contributed by atoms with Crippen molar-refractivity contribution in [2.75, 3.05) is 0 Å². The molecule has 0 aliphatic carbocycles. The van der Waals surface area contributed by atoms with Crippen molar-refractivity contribution in [1.29, 1.82) is 0 Å². The van der Waals surface area contributed by atoms with Crippen molar-refractivity contribution in [3.05, 3.63) is 29.5 Å². The second kappa shape index (κ2) is 4.54. The molecule has 0 radical (unpaired) electrons. The molecule has 1 heterocycles. The van der Waals surface area contributed by atoms with Crippen molar-refractivity contribution in [2.45, 2.75) is 46.0 Å². The van der Waals surface area contributed by atoms with Gasteiger partial charge in [0.1, 0.15) is 0 Å². The van der Waals surface area contributed by atoms with Crippen LogP contribution in [-0.2, 0) is 0 Å². The highest BCUT2D eigenvalue weighted by Crippen LogP contribution is 2.34. The summed E-state index contributed by atoms with van der Waals surface area (Å²) in [5, 5.41) is 1.37. The molecule has 16 heavy (non-hydrogen) atoms. The number of nitrogens with zero attached hydrogens (tertiary/aromatic N) is 1. The van der Waals surface area contributed by atoms with Gasteiger partial charge in [0.15, 0.2) is 0 Å². The highest BCUT2D eigenvalue weighted by Gasteiger charge is 2.14. The van der Waals surface area contributed by atoms with Gasteiger partial charge >= 0.3 is 0 Å². The van der Waals surface area contributed by atoms with Crippen molar-refractivity contribution < 1.29 is 0 Å². The molecule has 0 aliphatic rings. The molecule has 0 aliphatic heterocycles. The molecule has 86 valence electrons. The van der Waals surface area contributed by atoms with Gasteiger partial charge in [-0.05, 0) is 35.4 Å². The van der Waals surface area contributed by atoms with Crippen LogP contribution in [0, 0.1) is 0 Å². The third kappa shape index (κ3) is 1.86. The van der Waals surface area contributed by atoms with Crippen molar-refractivity contribution in [3.8, 4) is 0 Å². The Morgan fingerprint density at radius 2 is 2.00 bits per heavy atom. The lowest BCUT2D eigenvalue weighted by molar-refractivity contribution is 0.723. The van der Waals surface area contributed by atoms with Crippen LogP contribution in [0.1, 0.15) is 57.2 Å². The molecule has 2 rings (SSSR count). The van der Waals surface area contributed by atoms with Gasteiger partial charge in [0.2, 0.25) is 0 Å². The van der Waals surface area contributed by atoms with Crippen molar-refractivity contribution >= 4 is 21.6 Å². The first-order valence-corrected chi connectivity index (χ1v) is 6.80. The van der Waals surface area contributed by atoms with Crippen LogP contribution >= 0.6 is 11.5 Å². The summed E-state index contributed by atoms with van der Waals surface area (Å²) >= 11 is 1.66. The third-order valence-electron chi connectivity index (χ3n) is 3.26. The number of fused-ring (bicyclic) bond motifs is 1. The Balaban J connectivity index is 2.61. The smallest absolute Gasteiger partial charge is 0.0648 e. The molecular weight excluding hydrogens is 214 g/mol. The van der Waals surface area contributed by atoms with Gasteiger partial charge in [-0.2, -0.15) is 4.37 Å². The maximum atomic E-state index is 4.65. The SMILES string of the molecule is CCC(C)c1nsc2c(C(C)C)cccc12. The summed E-state index contributed by atoms with van der Waals surface area (Å²) < 4.78 is 6.03. The van der Waals surface area contributed by atoms with E-state index < -0.39 is 0 Å². The Labute approximate surface area is 102 Å². The van der Waals surface area contributed by atoms with Gasteiger partial charge in [-0.15, -0.1) is 0 Å². The van der Waals surface area contributed by atoms with Crippen LogP contribution in [0.2, 0.25) is 0 Å². The van der Waals surface area contributed by atoms with Gasteiger partial charge < -0.3 is 0 Å². The first-order valence-electron chi connectivity index (χ1n) is 6.03. The van der Waals surface area contributed by atoms with Crippen LogP contribution in [-0.4, -0.2) is 4.37 Å². The van der Waals surface area contributed by atoms with Gasteiger partial charge in [-0.1, -0.05) is 45.9 Å². The van der Waals surface area contributed by atoms with Gasteiger partial charge in [0.25, 0.3) is 0 Å². The van der Waals surface area contributed by atoms with Crippen LogP contribution in [0.25, 0.3) is 10.1 Å². The number of benzene rings is 1. The van der Waals surface area contributed by atoms with E-state index in [1.165, 1.54) is 21.3 Å². The molecule has 0 spiro atoms. The molecule has 0 amide bonds. The number of aromatic nitrogens is 1. The van der Waals surface area contributed by atoms with Crippen LogP contribution in [0.5, 0.6) is 0 Å². The highest BCUT2D eigenvalue weighted by atomic mass is 32.1. The van der Waals surface area contributed by atoms with Gasteiger partial charge in [-0.3, -0.25) is 0 Å². The van der Waals surface area contributed by atoms with E-state index in [9.17, 15) is 0 Å². The lowest BCUT2D eigenvalue weighted by Crippen LogP contribution is -1.92. The summed E-state index contributed by atoms with van der Waals surface area (Å²) in [7, 11) is 0. The second-order valence-electron chi connectivity index (χ2n) is 4.76. The van der Waals surface area contributed by atoms with Crippen molar-refractivity contribution in [2.24, 2.45) is 0 Å². The summed E-state index contributed by atoms with van der Waals surface area (Å²) in [6.07, 6.45) is 1.16. The summed E-state index contributed by atoms with van der Waals surface area (Å²) in [6.45, 7) is 8.98. The molecule has 0 bridgehead atoms. The summed E-state index contributed by atoms with van der Waals surface area (Å²) in [5.41, 5.74) is 2.72. The zero-order valence-electron chi connectivity index (χ0n) is 10.4. The molecule has 2 aromatic rings. The predicted octanol–water partition coefficient (Wildman–Crippen LogP) is 4.93. The number of hydrogen-bond acceptors (Lipinski definition) is 2. The first-order chi connectivity index (χ1) is 7.65. The summed E-state index contributed by atoms with van der Waals surface area (Å²) in [6, 6.07) is 6.61. The van der Waals surface area contributed by atoms with E-state index in [0.717, 1.165) is 6.42 Å². The number of hydrogen-bond donors (Lipinski definition) is 0. The second-order valence-corrected chi connectivity index (χ2v) is 5.53. The summed E-state index contributed by atoms with van der Waals surface area (Å²) in [4.78, 5) is 0. The Morgan fingerprint density at radius 1 is 1.25 bits per heavy atom. The van der Waals surface area contributed by atoms with E-state index in [1.54, 1.807) is 11.5 Å². The monoisotopic (exact) mass is 233 g/mol. The first kappa shape index (κ1) is 11.6. The van der Waals surface area contributed by atoms with E-state index in [1.807, 2.05) is 0 Å². The van der Waals surface area contributed by atoms with E-state index in [4.69, 9.17) is 0 Å². The van der Waals surface area contributed by atoms with Crippen LogP contribution in [0.3, 0.4) is 0 Å². The molecular formula is C14H19NS. The van der Waals surface area contributed by atoms with Gasteiger partial charge in [-0.25, -0.2) is 0 Å². The van der Waals surface area contributed by atoms with Crippen molar-refractivity contribution in [1.82, 2.24) is 4.37 Å². The third-order valence-corrected chi connectivity index (χ3v) is 4.18. The molecule has 0 saturated carbocycles. The number of rotatable bonds is 3. The average molecular weight is 233 g/mol. The van der Waals surface area contributed by atoms with E-state index in [-0.39, 0.29) is 0 Å². The van der Waals surface area contributed by atoms with Crippen LogP contribution in [0.4, 0.5) is 0 Å². The fourth-order valence-electron chi connectivity index (χ4n) is 2.01. The molecule has 0 N–H and O–H groups in total. The van der Waals surface area contributed by atoms with Crippen LogP contribution < -0.4 is 0 Å². The standard InChI is InChI=1S/C14H19NS/c1-5-10(4)13-12-8-6-7-11(9(2)3)14(12)16-15-13/h6-10H,5H2,1-4H3. The van der Waals surface area contributed by atoms with E-state index >= 15 is 0 Å². The van der Waals surface area contributed by atoms with E-state index in [0.29, 0.717) is 11.8 Å². The minimum absolute atomic E-state index is 0.566. The molecule has 0 saturated heterocycles. The Bertz CT molecular complexity index is 484. The predicted molar refractivity (Wildman–Crippen MR) is 72.4 cm³/mol. The minimum Gasteiger partial charge on any atom is -0.196 e. The average Bonchev–Trinajstić information content (AvgIpc) is 2.71. The zero-order chi connectivity index (χ0) is 11.7. The van der Waals surface area contributed by atoms with Crippen molar-refractivity contribution in [3.63, 3.8) is 0 Å². The topological polar surface area (TPSA) is 12.9 Å². The quantitative estimate of drug-likeness (QED) is 0.732. The maximum Gasteiger partial charge on any atom is 0.0648 e. The largest absolute Gasteiger partial charge is 0.196 e. The summed E-state index contributed by atoms with van der Waals surface area (Å²) in [5.74, 6) is 1.14. The Morgan fingerprint density at radius 3 is 2.62 bits per heavy atom. The molecule has 0 fully saturated rings. The lowest BCUT2D eigenvalue weighted by atomic mass is 9.97. The minimum atomic E-state index is 0.566. The molecule has 1 aromatic heterocycles. The lowest BCUT2D eigenvalue weighted by Gasteiger charge is -2.08. The van der Waals surface area contributed by atoms with Gasteiger partial charge in [0, 0.05) is 5.39 Å². The van der Waals surface area contributed by atoms with Crippen LogP contribution in [0.15, 0.2) is 18.2 Å². The maximum absolute atomic E-state index is 4.65. The molecule has 1 nitrogen and oxygen atoms in total. The molecule has 1 aromatic carbocycles. The molecule has 2 heteroatoms. The molecule has 1 unspecified atom stereocenters.